The Bertz CT molecular complexity index is 375. The van der Waals surface area contributed by atoms with E-state index >= 15 is 0 Å². The molecule has 1 aromatic rings. The van der Waals surface area contributed by atoms with E-state index in [-0.39, 0.29) is 0 Å². The number of hydrogen-bond acceptors (Lipinski definition) is 3. The Morgan fingerprint density at radius 3 is 2.71 bits per heavy atom. The maximum absolute atomic E-state index is 5.84. The van der Waals surface area contributed by atoms with Crippen molar-refractivity contribution in [3.63, 3.8) is 0 Å². The van der Waals surface area contributed by atoms with Gasteiger partial charge in [0.25, 0.3) is 0 Å². The van der Waals surface area contributed by atoms with Crippen LogP contribution in [0.15, 0.2) is 5.38 Å². The normalized spacial score (nSPS) is 23.8. The van der Waals surface area contributed by atoms with Gasteiger partial charge >= 0.3 is 0 Å². The third kappa shape index (κ3) is 2.55. The van der Waals surface area contributed by atoms with Crippen LogP contribution < -0.4 is 5.73 Å². The quantitative estimate of drug-likeness (QED) is 0.888. The monoisotopic (exact) mass is 250 g/mol. The number of rotatable bonds is 4. The van der Waals surface area contributed by atoms with Crippen LogP contribution in [0.25, 0.3) is 0 Å². The lowest BCUT2D eigenvalue weighted by molar-refractivity contribution is 0.436. The van der Waals surface area contributed by atoms with E-state index in [9.17, 15) is 0 Å². The van der Waals surface area contributed by atoms with Gasteiger partial charge in [0.2, 0.25) is 0 Å². The second-order valence-corrected chi connectivity index (χ2v) is 6.82. The van der Waals surface area contributed by atoms with Crippen LogP contribution in [-0.4, -0.2) is 11.5 Å². The Morgan fingerprint density at radius 2 is 2.06 bits per heavy atom. The van der Waals surface area contributed by atoms with Crippen LogP contribution in [0.4, 0.5) is 0 Å². The van der Waals surface area contributed by atoms with Crippen LogP contribution in [0.1, 0.15) is 61.6 Å². The molecule has 2 nitrogen and oxygen atoms in total. The van der Waals surface area contributed by atoms with Gasteiger partial charge in [-0.1, -0.05) is 19.3 Å². The Hall–Kier alpha value is -0.410. The second kappa shape index (κ2) is 4.69. The van der Waals surface area contributed by atoms with Gasteiger partial charge in [0, 0.05) is 17.7 Å². The summed E-state index contributed by atoms with van der Waals surface area (Å²) in [5, 5.41) is 3.63. The lowest BCUT2D eigenvalue weighted by Gasteiger charge is -2.19. The van der Waals surface area contributed by atoms with Gasteiger partial charge in [0.05, 0.1) is 10.7 Å². The van der Waals surface area contributed by atoms with Crippen molar-refractivity contribution in [2.45, 2.75) is 57.3 Å². The molecule has 0 saturated heterocycles. The van der Waals surface area contributed by atoms with Gasteiger partial charge in [0.1, 0.15) is 0 Å². The largest absolute Gasteiger partial charge is 0.330 e. The summed E-state index contributed by atoms with van der Waals surface area (Å²) in [6.07, 6.45) is 10.7. The lowest BCUT2D eigenvalue weighted by Crippen LogP contribution is -2.17. The highest BCUT2D eigenvalue weighted by atomic mass is 32.1. The maximum atomic E-state index is 5.84. The van der Waals surface area contributed by atoms with E-state index in [4.69, 9.17) is 10.7 Å². The predicted molar refractivity (Wildman–Crippen MR) is 72.4 cm³/mol. The minimum atomic E-state index is 0.432. The van der Waals surface area contributed by atoms with Gasteiger partial charge in [-0.2, -0.15) is 0 Å². The van der Waals surface area contributed by atoms with Gasteiger partial charge in [-0.05, 0) is 37.6 Å². The van der Waals surface area contributed by atoms with Crippen molar-refractivity contribution in [1.29, 1.82) is 0 Å². The summed E-state index contributed by atoms with van der Waals surface area (Å²) in [6, 6.07) is 0. The predicted octanol–water partition coefficient (Wildman–Crippen LogP) is 3.47. The first-order valence-electron chi connectivity index (χ1n) is 6.96. The van der Waals surface area contributed by atoms with Gasteiger partial charge in [-0.15, -0.1) is 11.3 Å². The van der Waals surface area contributed by atoms with Crippen molar-refractivity contribution < 1.29 is 0 Å². The first kappa shape index (κ1) is 11.7. The highest BCUT2D eigenvalue weighted by Gasteiger charge is 2.41. The molecule has 1 aromatic heterocycles. The summed E-state index contributed by atoms with van der Waals surface area (Å²) in [7, 11) is 0. The zero-order valence-electron chi connectivity index (χ0n) is 10.5. The molecule has 1 heterocycles. The maximum Gasteiger partial charge on any atom is 0.0934 e. The fourth-order valence-electron chi connectivity index (χ4n) is 2.94. The molecule has 0 atom stereocenters. The molecule has 0 bridgehead atoms. The lowest BCUT2D eigenvalue weighted by atomic mass is 9.87. The van der Waals surface area contributed by atoms with E-state index in [0.29, 0.717) is 5.41 Å². The molecule has 2 saturated carbocycles. The highest BCUT2D eigenvalue weighted by Crippen LogP contribution is 2.47. The zero-order valence-corrected chi connectivity index (χ0v) is 11.3. The summed E-state index contributed by atoms with van der Waals surface area (Å²) >= 11 is 1.86. The summed E-state index contributed by atoms with van der Waals surface area (Å²) in [5.41, 5.74) is 7.65. The van der Waals surface area contributed by atoms with E-state index in [0.717, 1.165) is 18.9 Å². The van der Waals surface area contributed by atoms with Gasteiger partial charge < -0.3 is 5.73 Å². The number of aromatic nitrogens is 1. The summed E-state index contributed by atoms with van der Waals surface area (Å²) in [4.78, 5) is 4.87. The van der Waals surface area contributed by atoms with Crippen molar-refractivity contribution in [2.24, 2.45) is 11.1 Å². The fourth-order valence-corrected chi connectivity index (χ4v) is 3.99. The Labute approximate surface area is 108 Å². The molecule has 2 aliphatic rings. The molecule has 2 fully saturated rings. The van der Waals surface area contributed by atoms with Crippen molar-refractivity contribution in [3.05, 3.63) is 16.1 Å². The van der Waals surface area contributed by atoms with E-state index in [1.54, 1.807) is 0 Å². The molecule has 2 N–H and O–H groups in total. The third-order valence-electron chi connectivity index (χ3n) is 4.51. The number of thiazole rings is 1. The molecule has 0 amide bonds. The average Bonchev–Trinajstić information content (AvgIpc) is 3.00. The minimum Gasteiger partial charge on any atom is -0.330 e. The topological polar surface area (TPSA) is 38.9 Å². The van der Waals surface area contributed by atoms with Crippen molar-refractivity contribution >= 4 is 11.3 Å². The molecule has 0 unspecified atom stereocenters. The molecule has 3 heteroatoms. The van der Waals surface area contributed by atoms with Gasteiger partial charge in [-0.25, -0.2) is 4.98 Å². The fraction of sp³-hybridized carbons (Fsp3) is 0.786. The number of hydrogen-bond donors (Lipinski definition) is 1. The summed E-state index contributed by atoms with van der Waals surface area (Å²) in [6.45, 7) is 0.839. The molecule has 0 aliphatic heterocycles. The van der Waals surface area contributed by atoms with E-state index in [1.165, 1.54) is 55.6 Å². The molecular formula is C14H22N2S. The van der Waals surface area contributed by atoms with Crippen molar-refractivity contribution in [2.75, 3.05) is 6.54 Å². The van der Waals surface area contributed by atoms with Gasteiger partial charge in [-0.3, -0.25) is 0 Å². The van der Waals surface area contributed by atoms with Crippen molar-refractivity contribution in [1.82, 2.24) is 4.98 Å². The van der Waals surface area contributed by atoms with Gasteiger partial charge in [0.15, 0.2) is 0 Å². The highest BCUT2D eigenvalue weighted by molar-refractivity contribution is 7.09. The Kier molecular flexibility index (Phi) is 3.22. The van der Waals surface area contributed by atoms with Crippen LogP contribution in [0.3, 0.4) is 0 Å². The molecule has 3 rings (SSSR count). The Balaban J connectivity index is 1.65. The second-order valence-electron chi connectivity index (χ2n) is 5.88. The minimum absolute atomic E-state index is 0.432. The molecule has 94 valence electrons. The summed E-state index contributed by atoms with van der Waals surface area (Å²) in [5.74, 6) is 0.752. The first-order chi connectivity index (χ1) is 8.31. The molecule has 2 aliphatic carbocycles. The third-order valence-corrected chi connectivity index (χ3v) is 5.38. The molecule has 0 aromatic carbocycles. The van der Waals surface area contributed by atoms with Crippen LogP contribution in [0.2, 0.25) is 0 Å². The zero-order chi connectivity index (χ0) is 11.7. The molecular weight excluding hydrogens is 228 g/mol. The van der Waals surface area contributed by atoms with Crippen LogP contribution in [0, 0.1) is 5.41 Å². The van der Waals surface area contributed by atoms with Crippen molar-refractivity contribution in [3.8, 4) is 0 Å². The standard InChI is InChI=1S/C14H22N2S/c15-10-14(6-7-14)8-13-16-12(9-17-13)11-4-2-1-3-5-11/h9,11H,1-8,10,15H2. The number of nitrogens with zero attached hydrogens (tertiary/aromatic N) is 1. The smallest absolute Gasteiger partial charge is 0.0934 e. The van der Waals surface area contributed by atoms with E-state index in [2.05, 4.69) is 5.38 Å². The molecule has 0 radical (unpaired) electrons. The van der Waals surface area contributed by atoms with Crippen LogP contribution in [-0.2, 0) is 6.42 Å². The van der Waals surface area contributed by atoms with Crippen LogP contribution >= 0.6 is 11.3 Å². The van der Waals surface area contributed by atoms with Crippen LogP contribution in [0.5, 0.6) is 0 Å². The Morgan fingerprint density at radius 1 is 1.29 bits per heavy atom. The average molecular weight is 250 g/mol. The SMILES string of the molecule is NCC1(Cc2nc(C3CCCCC3)cs2)CC1. The van der Waals surface area contributed by atoms with E-state index in [1.807, 2.05) is 11.3 Å². The van der Waals surface area contributed by atoms with E-state index < -0.39 is 0 Å². The summed E-state index contributed by atoms with van der Waals surface area (Å²) < 4.78 is 0. The molecule has 17 heavy (non-hydrogen) atoms. The molecule has 0 spiro atoms. The first-order valence-corrected chi connectivity index (χ1v) is 7.84. The number of nitrogens with two attached hydrogens (primary N) is 1.